The number of nitrogens with one attached hydrogen (secondary N) is 1. The van der Waals surface area contributed by atoms with E-state index in [1.807, 2.05) is 12.1 Å². The Morgan fingerprint density at radius 1 is 1.07 bits per heavy atom. The highest BCUT2D eigenvalue weighted by Gasteiger charge is 2.12. The van der Waals surface area contributed by atoms with Crippen LogP contribution in [-0.4, -0.2) is 18.5 Å². The number of furan rings is 1. The van der Waals surface area contributed by atoms with Gasteiger partial charge in [0.1, 0.15) is 23.2 Å². The molecule has 0 aliphatic carbocycles. The molecule has 1 aromatic heterocycles. The van der Waals surface area contributed by atoms with Crippen LogP contribution in [0.2, 0.25) is 0 Å². The topological polar surface area (TPSA) is 92.3 Å². The van der Waals surface area contributed by atoms with Crippen LogP contribution >= 0.6 is 0 Å². The molecule has 144 valence electrons. The number of esters is 1. The number of anilines is 1. The van der Waals surface area contributed by atoms with Crippen molar-refractivity contribution in [3.05, 3.63) is 83.6 Å². The van der Waals surface area contributed by atoms with Gasteiger partial charge in [0.25, 0.3) is 5.91 Å². The highest BCUT2D eigenvalue weighted by Crippen LogP contribution is 2.24. The third-order valence-corrected chi connectivity index (χ3v) is 3.99. The Bertz CT molecular complexity index is 1070. The maximum Gasteiger partial charge on any atom is 0.338 e. The second-order valence-electron chi connectivity index (χ2n) is 5.99. The Morgan fingerprint density at radius 3 is 2.45 bits per heavy atom. The molecule has 0 bridgehead atoms. The molecule has 0 unspecified atom stereocenters. The van der Waals surface area contributed by atoms with Gasteiger partial charge in [0.15, 0.2) is 0 Å². The molecule has 6 nitrogen and oxygen atoms in total. The quantitative estimate of drug-likeness (QED) is 0.378. The number of carbonyl (C=O) groups is 2. The molecule has 0 fully saturated rings. The smallest absolute Gasteiger partial charge is 0.338 e. The van der Waals surface area contributed by atoms with Crippen LogP contribution in [0, 0.1) is 11.3 Å². The first kappa shape index (κ1) is 19.6. The van der Waals surface area contributed by atoms with Crippen molar-refractivity contribution < 1.29 is 18.7 Å². The minimum atomic E-state index is -0.518. The number of hydrogen-bond acceptors (Lipinski definition) is 5. The number of hydrogen-bond donors (Lipinski definition) is 1. The number of ether oxygens (including phenoxy) is 1. The van der Waals surface area contributed by atoms with Crippen molar-refractivity contribution in [2.45, 2.75) is 6.92 Å². The van der Waals surface area contributed by atoms with E-state index in [1.54, 1.807) is 67.6 Å². The molecule has 0 aliphatic rings. The van der Waals surface area contributed by atoms with Crippen LogP contribution in [0.1, 0.15) is 23.0 Å². The van der Waals surface area contributed by atoms with Crippen LogP contribution < -0.4 is 5.32 Å². The zero-order valence-corrected chi connectivity index (χ0v) is 15.7. The summed E-state index contributed by atoms with van der Waals surface area (Å²) in [5.41, 5.74) is 1.73. The Morgan fingerprint density at radius 2 is 1.79 bits per heavy atom. The zero-order chi connectivity index (χ0) is 20.6. The predicted molar refractivity (Wildman–Crippen MR) is 109 cm³/mol. The monoisotopic (exact) mass is 386 g/mol. The minimum absolute atomic E-state index is 0.0765. The van der Waals surface area contributed by atoms with Crippen molar-refractivity contribution >= 4 is 23.6 Å². The van der Waals surface area contributed by atoms with Gasteiger partial charge in [-0.15, -0.1) is 0 Å². The molecule has 1 N–H and O–H groups in total. The standard InChI is InChI=1S/C23H18N2O4/c1-2-28-23(27)17-10-8-16(9-11-17)21-13-12-20(29-21)14-18(15-24)22(26)25-19-6-4-3-5-7-19/h3-14H,2H2,1H3,(H,25,26). The van der Waals surface area contributed by atoms with Gasteiger partial charge >= 0.3 is 5.97 Å². The summed E-state index contributed by atoms with van der Waals surface area (Å²) in [5, 5.41) is 12.0. The summed E-state index contributed by atoms with van der Waals surface area (Å²) in [7, 11) is 0. The third-order valence-electron chi connectivity index (χ3n) is 3.99. The van der Waals surface area contributed by atoms with Crippen molar-refractivity contribution in [3.63, 3.8) is 0 Å². The Kier molecular flexibility index (Phi) is 6.23. The van der Waals surface area contributed by atoms with Crippen LogP contribution in [0.5, 0.6) is 0 Å². The maximum absolute atomic E-state index is 12.3. The fourth-order valence-electron chi connectivity index (χ4n) is 2.58. The van der Waals surface area contributed by atoms with E-state index in [2.05, 4.69) is 5.32 Å². The van der Waals surface area contributed by atoms with Gasteiger partial charge in [-0.3, -0.25) is 4.79 Å². The van der Waals surface area contributed by atoms with E-state index in [4.69, 9.17) is 9.15 Å². The van der Waals surface area contributed by atoms with Gasteiger partial charge in [0, 0.05) is 17.3 Å². The molecule has 0 saturated carbocycles. The molecular weight excluding hydrogens is 368 g/mol. The average Bonchev–Trinajstić information content (AvgIpc) is 3.21. The first-order valence-corrected chi connectivity index (χ1v) is 8.96. The number of rotatable bonds is 6. The molecule has 0 radical (unpaired) electrons. The molecule has 29 heavy (non-hydrogen) atoms. The lowest BCUT2D eigenvalue weighted by Gasteiger charge is -2.03. The first-order chi connectivity index (χ1) is 14.1. The number of amides is 1. The fraction of sp³-hybridized carbons (Fsp3) is 0.0870. The van der Waals surface area contributed by atoms with Crippen LogP contribution in [-0.2, 0) is 9.53 Å². The highest BCUT2D eigenvalue weighted by atomic mass is 16.5. The van der Waals surface area contributed by atoms with Crippen molar-refractivity contribution in [2.24, 2.45) is 0 Å². The van der Waals surface area contributed by atoms with E-state index >= 15 is 0 Å². The molecule has 3 rings (SSSR count). The van der Waals surface area contributed by atoms with Crippen molar-refractivity contribution in [3.8, 4) is 17.4 Å². The summed E-state index contributed by atoms with van der Waals surface area (Å²) in [5.74, 6) is 0.0160. The van der Waals surface area contributed by atoms with Gasteiger partial charge in [-0.2, -0.15) is 5.26 Å². The number of benzene rings is 2. The first-order valence-electron chi connectivity index (χ1n) is 8.96. The molecule has 2 aromatic carbocycles. The normalized spacial score (nSPS) is 10.8. The largest absolute Gasteiger partial charge is 0.462 e. The summed E-state index contributed by atoms with van der Waals surface area (Å²) in [6.07, 6.45) is 1.38. The maximum atomic E-state index is 12.3. The minimum Gasteiger partial charge on any atom is -0.462 e. The number of nitriles is 1. The van der Waals surface area contributed by atoms with Crippen molar-refractivity contribution in [1.82, 2.24) is 0 Å². The van der Waals surface area contributed by atoms with Gasteiger partial charge < -0.3 is 14.5 Å². The number of para-hydroxylation sites is 1. The fourth-order valence-corrected chi connectivity index (χ4v) is 2.58. The second kappa shape index (κ2) is 9.20. The molecule has 3 aromatic rings. The van der Waals surface area contributed by atoms with Gasteiger partial charge in [-0.1, -0.05) is 30.3 Å². The summed E-state index contributed by atoms with van der Waals surface area (Å²) in [4.78, 5) is 24.0. The summed E-state index contributed by atoms with van der Waals surface area (Å²) in [6.45, 7) is 2.06. The molecule has 0 atom stereocenters. The number of carbonyl (C=O) groups excluding carboxylic acids is 2. The van der Waals surface area contributed by atoms with Gasteiger partial charge in [-0.05, 0) is 43.3 Å². The molecule has 1 amide bonds. The van der Waals surface area contributed by atoms with E-state index in [1.165, 1.54) is 6.08 Å². The van der Waals surface area contributed by atoms with E-state index in [-0.39, 0.29) is 11.5 Å². The van der Waals surface area contributed by atoms with Crippen LogP contribution in [0.25, 0.3) is 17.4 Å². The third kappa shape index (κ3) is 4.99. The lowest BCUT2D eigenvalue weighted by Crippen LogP contribution is -2.13. The van der Waals surface area contributed by atoms with Crippen LogP contribution in [0.3, 0.4) is 0 Å². The molecule has 0 saturated heterocycles. The van der Waals surface area contributed by atoms with Gasteiger partial charge in [0.2, 0.25) is 0 Å². The molecular formula is C23H18N2O4. The van der Waals surface area contributed by atoms with E-state index in [0.717, 1.165) is 5.56 Å². The molecule has 0 spiro atoms. The van der Waals surface area contributed by atoms with Crippen LogP contribution in [0.4, 0.5) is 5.69 Å². The van der Waals surface area contributed by atoms with Crippen LogP contribution in [0.15, 0.2) is 76.7 Å². The summed E-state index contributed by atoms with van der Waals surface area (Å²) < 4.78 is 10.7. The van der Waals surface area contributed by atoms with Gasteiger partial charge in [0.05, 0.1) is 12.2 Å². The van der Waals surface area contributed by atoms with E-state index in [0.29, 0.717) is 29.4 Å². The predicted octanol–water partition coefficient (Wildman–Crippen LogP) is 4.67. The Balaban J connectivity index is 1.75. The lowest BCUT2D eigenvalue weighted by molar-refractivity contribution is -0.112. The summed E-state index contributed by atoms with van der Waals surface area (Å²) >= 11 is 0. The molecule has 0 aliphatic heterocycles. The second-order valence-corrected chi connectivity index (χ2v) is 5.99. The van der Waals surface area contributed by atoms with Crippen molar-refractivity contribution in [2.75, 3.05) is 11.9 Å². The number of nitrogens with zero attached hydrogens (tertiary/aromatic N) is 1. The lowest BCUT2D eigenvalue weighted by atomic mass is 10.1. The zero-order valence-electron chi connectivity index (χ0n) is 15.7. The average molecular weight is 386 g/mol. The molecule has 6 heteroatoms. The highest BCUT2D eigenvalue weighted by molar-refractivity contribution is 6.09. The Hall–Kier alpha value is -4.11. The molecule has 1 heterocycles. The van der Waals surface area contributed by atoms with Crippen molar-refractivity contribution in [1.29, 1.82) is 5.26 Å². The van der Waals surface area contributed by atoms with E-state index < -0.39 is 5.91 Å². The van der Waals surface area contributed by atoms with E-state index in [9.17, 15) is 14.9 Å². The Labute approximate surface area is 168 Å². The SMILES string of the molecule is CCOC(=O)c1ccc(-c2ccc(C=C(C#N)C(=O)Nc3ccccc3)o2)cc1. The van der Waals surface area contributed by atoms with Gasteiger partial charge in [-0.25, -0.2) is 4.79 Å². The summed E-state index contributed by atoms with van der Waals surface area (Å²) in [6, 6.07) is 21.0.